The Morgan fingerprint density at radius 3 is 2.11 bits per heavy atom. The van der Waals surface area contributed by atoms with Crippen molar-refractivity contribution in [3.63, 3.8) is 0 Å². The highest BCUT2D eigenvalue weighted by molar-refractivity contribution is 4.89. The molecule has 2 rings (SSSR count). The minimum absolute atomic E-state index is 0.0792. The molecule has 1 nitrogen and oxygen atoms in total. The summed E-state index contributed by atoms with van der Waals surface area (Å²) in [5.74, 6) is 0.670. The van der Waals surface area contributed by atoms with Gasteiger partial charge in [-0.15, -0.1) is 0 Å². The van der Waals surface area contributed by atoms with Gasteiger partial charge in [0.25, 0.3) is 0 Å². The van der Waals surface area contributed by atoms with Gasteiger partial charge >= 0.3 is 6.18 Å². The molecule has 0 amide bonds. The van der Waals surface area contributed by atoms with Gasteiger partial charge in [0.15, 0.2) is 0 Å². The van der Waals surface area contributed by atoms with Gasteiger partial charge in [-0.1, -0.05) is 13.8 Å². The van der Waals surface area contributed by atoms with E-state index in [1.165, 1.54) is 6.42 Å². The van der Waals surface area contributed by atoms with Crippen LogP contribution in [0.25, 0.3) is 0 Å². The summed E-state index contributed by atoms with van der Waals surface area (Å²) >= 11 is 0. The van der Waals surface area contributed by atoms with Crippen molar-refractivity contribution in [2.45, 2.75) is 58.2 Å². The minimum Gasteiger partial charge on any atom is -0.314 e. The molecule has 0 aromatic carbocycles. The summed E-state index contributed by atoms with van der Waals surface area (Å²) in [6.45, 7) is 4.98. The van der Waals surface area contributed by atoms with Crippen LogP contribution in [0, 0.1) is 23.7 Å². The van der Waals surface area contributed by atoms with E-state index in [4.69, 9.17) is 0 Å². The lowest BCUT2D eigenvalue weighted by molar-refractivity contribution is -0.184. The standard InChI is InChI=1S/C14H24F3N/c1-9-5-10(2)7-11(6-9)13-8-12(3-4-18-13)14(15,16)17/h9-13,18H,3-8H2,1-2H3. The summed E-state index contributed by atoms with van der Waals surface area (Å²) in [5, 5.41) is 3.33. The van der Waals surface area contributed by atoms with Crippen molar-refractivity contribution >= 4 is 0 Å². The van der Waals surface area contributed by atoms with Crippen LogP contribution in [0.3, 0.4) is 0 Å². The summed E-state index contributed by atoms with van der Waals surface area (Å²) in [5.41, 5.74) is 0. The largest absolute Gasteiger partial charge is 0.391 e. The fourth-order valence-electron chi connectivity index (χ4n) is 3.94. The van der Waals surface area contributed by atoms with E-state index in [2.05, 4.69) is 19.2 Å². The second-order valence-electron chi connectivity index (χ2n) is 6.50. The summed E-state index contributed by atoms with van der Waals surface area (Å²) in [4.78, 5) is 0. The van der Waals surface area contributed by atoms with E-state index in [-0.39, 0.29) is 18.9 Å². The van der Waals surface area contributed by atoms with Gasteiger partial charge in [0.2, 0.25) is 0 Å². The second-order valence-corrected chi connectivity index (χ2v) is 6.50. The Bertz CT molecular complexity index is 267. The molecule has 2 fully saturated rings. The maximum atomic E-state index is 12.8. The first-order valence-corrected chi connectivity index (χ1v) is 7.16. The fraction of sp³-hybridized carbons (Fsp3) is 1.00. The summed E-state index contributed by atoms with van der Waals surface area (Å²) in [6, 6.07) is 0.0792. The zero-order valence-corrected chi connectivity index (χ0v) is 11.3. The van der Waals surface area contributed by atoms with Crippen LogP contribution in [0.2, 0.25) is 0 Å². The van der Waals surface area contributed by atoms with Crippen molar-refractivity contribution in [3.8, 4) is 0 Å². The van der Waals surface area contributed by atoms with E-state index in [1.54, 1.807) is 0 Å². The number of nitrogens with one attached hydrogen (secondary N) is 1. The van der Waals surface area contributed by atoms with Gasteiger partial charge in [-0.3, -0.25) is 0 Å². The molecule has 0 spiro atoms. The van der Waals surface area contributed by atoms with Gasteiger partial charge in [-0.05, 0) is 56.4 Å². The van der Waals surface area contributed by atoms with Crippen LogP contribution in [0.4, 0.5) is 13.2 Å². The lowest BCUT2D eigenvalue weighted by atomic mass is 9.71. The third-order valence-electron chi connectivity index (χ3n) is 4.68. The highest BCUT2D eigenvalue weighted by atomic mass is 19.4. The van der Waals surface area contributed by atoms with Crippen molar-refractivity contribution < 1.29 is 13.2 Å². The van der Waals surface area contributed by atoms with Crippen LogP contribution in [-0.2, 0) is 0 Å². The Kier molecular flexibility index (Phi) is 4.25. The molecule has 1 aliphatic carbocycles. The summed E-state index contributed by atoms with van der Waals surface area (Å²) in [7, 11) is 0. The van der Waals surface area contributed by atoms with E-state index in [0.717, 1.165) is 12.8 Å². The van der Waals surface area contributed by atoms with Crippen LogP contribution >= 0.6 is 0 Å². The predicted octanol–water partition coefficient (Wildman–Crippen LogP) is 3.99. The van der Waals surface area contributed by atoms with Gasteiger partial charge in [-0.2, -0.15) is 13.2 Å². The fourth-order valence-corrected chi connectivity index (χ4v) is 3.94. The lowest BCUT2D eigenvalue weighted by Crippen LogP contribution is -2.48. The Balaban J connectivity index is 1.96. The van der Waals surface area contributed by atoms with Gasteiger partial charge in [0.05, 0.1) is 5.92 Å². The maximum Gasteiger partial charge on any atom is 0.391 e. The molecular formula is C14H24F3N. The number of alkyl halides is 3. The molecule has 0 aromatic heterocycles. The van der Waals surface area contributed by atoms with Crippen molar-refractivity contribution in [1.82, 2.24) is 5.32 Å². The Hall–Kier alpha value is -0.250. The van der Waals surface area contributed by atoms with E-state index in [1.807, 2.05) is 0 Å². The zero-order valence-electron chi connectivity index (χ0n) is 11.3. The number of hydrogen-bond acceptors (Lipinski definition) is 1. The molecule has 1 heterocycles. The average molecular weight is 263 g/mol. The molecular weight excluding hydrogens is 239 g/mol. The molecule has 1 N–H and O–H groups in total. The van der Waals surface area contributed by atoms with Crippen LogP contribution < -0.4 is 5.32 Å². The molecule has 1 saturated heterocycles. The van der Waals surface area contributed by atoms with E-state index in [9.17, 15) is 13.2 Å². The number of halogens is 3. The second kappa shape index (κ2) is 5.40. The molecule has 4 atom stereocenters. The van der Waals surface area contributed by atoms with Crippen LogP contribution in [0.1, 0.15) is 46.0 Å². The minimum atomic E-state index is -4.01. The highest BCUT2D eigenvalue weighted by Crippen LogP contribution is 2.40. The monoisotopic (exact) mass is 263 g/mol. The van der Waals surface area contributed by atoms with Crippen molar-refractivity contribution in [1.29, 1.82) is 0 Å². The normalized spacial score (nSPS) is 42.8. The van der Waals surface area contributed by atoms with Crippen LogP contribution in [-0.4, -0.2) is 18.8 Å². The number of piperidine rings is 1. The molecule has 106 valence electrons. The molecule has 0 bridgehead atoms. The van der Waals surface area contributed by atoms with Crippen LogP contribution in [0.15, 0.2) is 0 Å². The quantitative estimate of drug-likeness (QED) is 0.754. The van der Waals surface area contributed by atoms with Gasteiger partial charge in [0.1, 0.15) is 0 Å². The van der Waals surface area contributed by atoms with E-state index >= 15 is 0 Å². The van der Waals surface area contributed by atoms with Gasteiger partial charge < -0.3 is 5.32 Å². The lowest BCUT2D eigenvalue weighted by Gasteiger charge is -2.41. The Labute approximate surface area is 108 Å². The Morgan fingerprint density at radius 1 is 0.944 bits per heavy atom. The van der Waals surface area contributed by atoms with E-state index < -0.39 is 12.1 Å². The molecule has 2 aliphatic rings. The van der Waals surface area contributed by atoms with Crippen LogP contribution in [0.5, 0.6) is 0 Å². The first-order valence-electron chi connectivity index (χ1n) is 7.16. The van der Waals surface area contributed by atoms with Crippen molar-refractivity contribution in [3.05, 3.63) is 0 Å². The van der Waals surface area contributed by atoms with Crippen molar-refractivity contribution in [2.24, 2.45) is 23.7 Å². The third-order valence-corrected chi connectivity index (χ3v) is 4.68. The Morgan fingerprint density at radius 2 is 1.56 bits per heavy atom. The molecule has 1 saturated carbocycles. The molecule has 0 radical (unpaired) electrons. The van der Waals surface area contributed by atoms with Crippen molar-refractivity contribution in [2.75, 3.05) is 6.54 Å². The highest BCUT2D eigenvalue weighted by Gasteiger charge is 2.44. The number of hydrogen-bond donors (Lipinski definition) is 1. The first kappa shape index (κ1) is 14.2. The van der Waals surface area contributed by atoms with E-state index in [0.29, 0.717) is 24.3 Å². The molecule has 18 heavy (non-hydrogen) atoms. The van der Waals surface area contributed by atoms with Gasteiger partial charge in [0, 0.05) is 6.04 Å². The molecule has 0 aromatic rings. The summed E-state index contributed by atoms with van der Waals surface area (Å²) < 4.78 is 38.4. The smallest absolute Gasteiger partial charge is 0.314 e. The maximum absolute atomic E-state index is 12.8. The molecule has 4 heteroatoms. The topological polar surface area (TPSA) is 12.0 Å². The van der Waals surface area contributed by atoms with Gasteiger partial charge in [-0.25, -0.2) is 0 Å². The average Bonchev–Trinajstić information content (AvgIpc) is 2.27. The zero-order chi connectivity index (χ0) is 13.3. The third kappa shape index (κ3) is 3.40. The number of rotatable bonds is 1. The molecule has 1 aliphatic heterocycles. The first-order chi connectivity index (χ1) is 8.36. The predicted molar refractivity (Wildman–Crippen MR) is 66.2 cm³/mol. The molecule has 4 unspecified atom stereocenters. The SMILES string of the molecule is CC1CC(C)CC(C2CC(C(F)(F)F)CCN2)C1. The summed E-state index contributed by atoms with van der Waals surface area (Å²) in [6.07, 6.45) is -0.0667.